The number of thiophene rings is 1. The summed E-state index contributed by atoms with van der Waals surface area (Å²) in [6.45, 7) is 10.9. The second-order valence-electron chi connectivity index (χ2n) is 5.15. The van der Waals surface area contributed by atoms with Gasteiger partial charge in [0, 0.05) is 29.5 Å². The summed E-state index contributed by atoms with van der Waals surface area (Å²) in [5, 5.41) is 2.14. The van der Waals surface area contributed by atoms with E-state index in [1.165, 1.54) is 4.88 Å². The first-order valence-electron chi connectivity index (χ1n) is 6.56. The highest BCUT2D eigenvalue weighted by Crippen LogP contribution is 2.19. The second kappa shape index (κ2) is 6.53. The van der Waals surface area contributed by atoms with Gasteiger partial charge in [0.15, 0.2) is 0 Å². The first-order chi connectivity index (χ1) is 8.00. The van der Waals surface area contributed by atoms with E-state index in [0.29, 0.717) is 6.04 Å². The SMILES string of the molecule is CCC(N)(CC)CN(Cc1cccs1)C(C)C. The Morgan fingerprint density at radius 1 is 1.35 bits per heavy atom. The van der Waals surface area contributed by atoms with Crippen molar-refractivity contribution >= 4 is 11.3 Å². The minimum atomic E-state index is -0.0401. The summed E-state index contributed by atoms with van der Waals surface area (Å²) in [6.07, 6.45) is 2.08. The van der Waals surface area contributed by atoms with Crippen molar-refractivity contribution in [3.05, 3.63) is 22.4 Å². The van der Waals surface area contributed by atoms with Gasteiger partial charge >= 0.3 is 0 Å². The largest absolute Gasteiger partial charge is 0.324 e. The molecule has 1 rings (SSSR count). The van der Waals surface area contributed by atoms with Crippen LogP contribution in [0.15, 0.2) is 17.5 Å². The third-order valence-electron chi connectivity index (χ3n) is 3.60. The fraction of sp³-hybridized carbons (Fsp3) is 0.714. The monoisotopic (exact) mass is 254 g/mol. The van der Waals surface area contributed by atoms with Crippen molar-refractivity contribution in [1.82, 2.24) is 4.90 Å². The lowest BCUT2D eigenvalue weighted by molar-refractivity contribution is 0.156. The standard InChI is InChI=1S/C14H26N2S/c1-5-14(15,6-2)11-16(12(3)4)10-13-8-7-9-17-13/h7-9,12H,5-6,10-11,15H2,1-4H3. The topological polar surface area (TPSA) is 29.3 Å². The summed E-state index contributed by atoms with van der Waals surface area (Å²) in [5.41, 5.74) is 6.39. The van der Waals surface area contributed by atoms with Crippen molar-refractivity contribution in [3.63, 3.8) is 0 Å². The zero-order chi connectivity index (χ0) is 12.9. The summed E-state index contributed by atoms with van der Waals surface area (Å²) in [4.78, 5) is 3.91. The van der Waals surface area contributed by atoms with Gasteiger partial charge in [0.1, 0.15) is 0 Å². The normalized spacial score (nSPS) is 12.6. The summed E-state index contributed by atoms with van der Waals surface area (Å²) < 4.78 is 0. The zero-order valence-corrected chi connectivity index (χ0v) is 12.4. The summed E-state index contributed by atoms with van der Waals surface area (Å²) in [7, 11) is 0. The van der Waals surface area contributed by atoms with Gasteiger partial charge in [-0.2, -0.15) is 0 Å². The van der Waals surface area contributed by atoms with Gasteiger partial charge in [0.2, 0.25) is 0 Å². The summed E-state index contributed by atoms with van der Waals surface area (Å²) in [5.74, 6) is 0. The van der Waals surface area contributed by atoms with Crippen molar-refractivity contribution in [3.8, 4) is 0 Å². The number of nitrogens with zero attached hydrogens (tertiary/aromatic N) is 1. The predicted molar refractivity (Wildman–Crippen MR) is 77.4 cm³/mol. The van der Waals surface area contributed by atoms with Crippen LogP contribution >= 0.6 is 11.3 Å². The lowest BCUT2D eigenvalue weighted by Gasteiger charge is -2.36. The molecule has 0 aliphatic rings. The molecule has 0 unspecified atom stereocenters. The fourth-order valence-electron chi connectivity index (χ4n) is 1.90. The highest BCUT2D eigenvalue weighted by Gasteiger charge is 2.25. The molecule has 98 valence electrons. The van der Waals surface area contributed by atoms with E-state index in [1.807, 2.05) is 11.3 Å². The highest BCUT2D eigenvalue weighted by molar-refractivity contribution is 7.09. The molecule has 17 heavy (non-hydrogen) atoms. The molecule has 0 aliphatic heterocycles. The Hall–Kier alpha value is -0.380. The molecule has 0 atom stereocenters. The van der Waals surface area contributed by atoms with E-state index in [4.69, 9.17) is 5.73 Å². The van der Waals surface area contributed by atoms with Crippen LogP contribution in [0.4, 0.5) is 0 Å². The molecule has 0 amide bonds. The van der Waals surface area contributed by atoms with Gasteiger partial charge < -0.3 is 5.73 Å². The van der Waals surface area contributed by atoms with Crippen LogP contribution in [0.25, 0.3) is 0 Å². The van der Waals surface area contributed by atoms with Crippen LogP contribution in [0.1, 0.15) is 45.4 Å². The van der Waals surface area contributed by atoms with Gasteiger partial charge in [-0.3, -0.25) is 4.90 Å². The molecule has 0 radical (unpaired) electrons. The first-order valence-corrected chi connectivity index (χ1v) is 7.44. The lowest BCUT2D eigenvalue weighted by Crippen LogP contribution is -2.50. The van der Waals surface area contributed by atoms with Crippen LogP contribution in [-0.2, 0) is 6.54 Å². The summed E-state index contributed by atoms with van der Waals surface area (Å²) in [6, 6.07) is 4.86. The maximum absolute atomic E-state index is 6.43. The molecule has 3 heteroatoms. The van der Waals surface area contributed by atoms with Crippen LogP contribution in [-0.4, -0.2) is 23.0 Å². The van der Waals surface area contributed by atoms with Crippen molar-refractivity contribution in [2.75, 3.05) is 6.54 Å². The molecule has 1 aromatic heterocycles. The molecule has 0 saturated carbocycles. The Bertz CT molecular complexity index is 302. The molecule has 0 bridgehead atoms. The van der Waals surface area contributed by atoms with Crippen LogP contribution in [0.5, 0.6) is 0 Å². The molecule has 0 saturated heterocycles. The second-order valence-corrected chi connectivity index (χ2v) is 6.18. The first kappa shape index (κ1) is 14.7. The summed E-state index contributed by atoms with van der Waals surface area (Å²) >= 11 is 1.83. The van der Waals surface area contributed by atoms with Crippen molar-refractivity contribution < 1.29 is 0 Å². The van der Waals surface area contributed by atoms with Crippen molar-refractivity contribution in [1.29, 1.82) is 0 Å². The lowest BCUT2D eigenvalue weighted by atomic mass is 9.93. The van der Waals surface area contributed by atoms with E-state index in [9.17, 15) is 0 Å². The van der Waals surface area contributed by atoms with E-state index >= 15 is 0 Å². The molecule has 2 nitrogen and oxygen atoms in total. The van der Waals surface area contributed by atoms with Gasteiger partial charge in [-0.25, -0.2) is 0 Å². The number of hydrogen-bond donors (Lipinski definition) is 1. The van der Waals surface area contributed by atoms with E-state index in [2.05, 4.69) is 50.1 Å². The number of hydrogen-bond acceptors (Lipinski definition) is 3. The van der Waals surface area contributed by atoms with Crippen LogP contribution < -0.4 is 5.73 Å². The van der Waals surface area contributed by atoms with Crippen LogP contribution in [0, 0.1) is 0 Å². The number of nitrogens with two attached hydrogens (primary N) is 1. The third kappa shape index (κ3) is 4.41. The predicted octanol–water partition coefficient (Wildman–Crippen LogP) is 3.48. The van der Waals surface area contributed by atoms with E-state index in [1.54, 1.807) is 0 Å². The fourth-order valence-corrected chi connectivity index (χ4v) is 2.63. The van der Waals surface area contributed by atoms with Gasteiger partial charge in [-0.05, 0) is 38.1 Å². The molecular weight excluding hydrogens is 228 g/mol. The van der Waals surface area contributed by atoms with E-state index in [0.717, 1.165) is 25.9 Å². The minimum absolute atomic E-state index is 0.0401. The molecular formula is C14H26N2S. The van der Waals surface area contributed by atoms with Gasteiger partial charge in [-0.1, -0.05) is 19.9 Å². The molecule has 0 aromatic carbocycles. The highest BCUT2D eigenvalue weighted by atomic mass is 32.1. The maximum atomic E-state index is 6.43. The third-order valence-corrected chi connectivity index (χ3v) is 4.46. The van der Waals surface area contributed by atoms with Crippen molar-refractivity contribution in [2.24, 2.45) is 5.73 Å². The van der Waals surface area contributed by atoms with Gasteiger partial charge in [-0.15, -0.1) is 11.3 Å². The maximum Gasteiger partial charge on any atom is 0.0331 e. The van der Waals surface area contributed by atoms with E-state index < -0.39 is 0 Å². The van der Waals surface area contributed by atoms with E-state index in [-0.39, 0.29) is 5.54 Å². The minimum Gasteiger partial charge on any atom is -0.324 e. The zero-order valence-electron chi connectivity index (χ0n) is 11.6. The van der Waals surface area contributed by atoms with Gasteiger partial charge in [0.25, 0.3) is 0 Å². The molecule has 0 fully saturated rings. The van der Waals surface area contributed by atoms with Crippen LogP contribution in [0.2, 0.25) is 0 Å². The molecule has 2 N–H and O–H groups in total. The molecule has 1 heterocycles. The van der Waals surface area contributed by atoms with Crippen molar-refractivity contribution in [2.45, 2.75) is 58.7 Å². The smallest absolute Gasteiger partial charge is 0.0331 e. The quantitative estimate of drug-likeness (QED) is 0.807. The molecule has 1 aromatic rings. The Morgan fingerprint density at radius 2 is 2.00 bits per heavy atom. The Morgan fingerprint density at radius 3 is 2.41 bits per heavy atom. The van der Waals surface area contributed by atoms with Gasteiger partial charge in [0.05, 0.1) is 0 Å². The molecule has 0 aliphatic carbocycles. The Labute approximate surface area is 110 Å². The Balaban J connectivity index is 2.66. The Kier molecular flexibility index (Phi) is 5.63. The average Bonchev–Trinajstić information content (AvgIpc) is 2.80. The van der Waals surface area contributed by atoms with Crippen LogP contribution in [0.3, 0.4) is 0 Å². The average molecular weight is 254 g/mol. The number of rotatable bonds is 7. The molecule has 0 spiro atoms.